The third-order valence-electron chi connectivity index (χ3n) is 2.09. The summed E-state index contributed by atoms with van der Waals surface area (Å²) in [6, 6.07) is 3.11. The Labute approximate surface area is 85.7 Å². The lowest BCUT2D eigenvalue weighted by atomic mass is 10.2. The summed E-state index contributed by atoms with van der Waals surface area (Å²) < 4.78 is 5.05. The summed E-state index contributed by atoms with van der Waals surface area (Å²) in [5, 5.41) is 11.7. The molecule has 1 saturated heterocycles. The molecule has 0 spiro atoms. The van der Waals surface area contributed by atoms with Gasteiger partial charge < -0.3 is 14.8 Å². The van der Waals surface area contributed by atoms with Crippen LogP contribution in [0.4, 0.5) is 5.88 Å². The largest absolute Gasteiger partial charge is 0.475 e. The molecule has 1 aromatic heterocycles. The number of rotatable bonds is 4. The smallest absolute Gasteiger partial charge is 0.371 e. The van der Waals surface area contributed by atoms with E-state index in [-0.39, 0.29) is 5.76 Å². The monoisotopic (exact) mass is 213 g/mol. The molecule has 0 unspecified atom stereocenters. The summed E-state index contributed by atoms with van der Waals surface area (Å²) in [5.41, 5.74) is 0. The van der Waals surface area contributed by atoms with Gasteiger partial charge in [-0.25, -0.2) is 4.79 Å². The van der Waals surface area contributed by atoms with Crippen LogP contribution in [0.15, 0.2) is 16.5 Å². The minimum Gasteiger partial charge on any atom is -0.475 e. The van der Waals surface area contributed by atoms with E-state index in [0.717, 1.165) is 6.54 Å². The minimum absolute atomic E-state index is 0.0181. The zero-order chi connectivity index (χ0) is 9.97. The van der Waals surface area contributed by atoms with Crippen molar-refractivity contribution in [3.8, 4) is 0 Å². The maximum atomic E-state index is 10.5. The van der Waals surface area contributed by atoms with Crippen molar-refractivity contribution in [1.29, 1.82) is 0 Å². The fourth-order valence-electron chi connectivity index (χ4n) is 1.20. The average molecular weight is 213 g/mol. The number of carboxylic acids is 1. The Bertz CT molecular complexity index is 333. The maximum Gasteiger partial charge on any atom is 0.371 e. The summed E-state index contributed by atoms with van der Waals surface area (Å²) in [6.45, 7) is 0.861. The number of thioether (sulfide) groups is 1. The lowest BCUT2D eigenvalue weighted by Crippen LogP contribution is -2.26. The number of furan rings is 1. The number of nitrogens with one attached hydrogen (secondary N) is 1. The van der Waals surface area contributed by atoms with Gasteiger partial charge in [-0.05, 0) is 23.5 Å². The van der Waals surface area contributed by atoms with Gasteiger partial charge in [0.25, 0.3) is 0 Å². The van der Waals surface area contributed by atoms with E-state index in [0.29, 0.717) is 11.8 Å². The number of hydrogen-bond acceptors (Lipinski definition) is 4. The van der Waals surface area contributed by atoms with Gasteiger partial charge in [0.05, 0.1) is 0 Å². The molecule has 1 aliphatic rings. The van der Waals surface area contributed by atoms with Crippen molar-refractivity contribution in [3.05, 3.63) is 17.9 Å². The van der Waals surface area contributed by atoms with Crippen LogP contribution in [0.3, 0.4) is 0 Å². The summed E-state index contributed by atoms with van der Waals surface area (Å²) in [6.07, 6.45) is 0. The van der Waals surface area contributed by atoms with Crippen molar-refractivity contribution in [2.45, 2.75) is 0 Å². The summed E-state index contributed by atoms with van der Waals surface area (Å²) in [7, 11) is 0. The molecule has 0 aliphatic carbocycles. The molecule has 2 heterocycles. The molecule has 5 heteroatoms. The standard InChI is InChI=1S/C9H11NO3S/c11-9(12)7-1-2-8(13-7)10-3-6-4-14-5-6/h1-2,6,10H,3-5H2,(H,11,12). The second-order valence-corrected chi connectivity index (χ2v) is 4.33. The van der Waals surface area contributed by atoms with Crippen LogP contribution in [0, 0.1) is 5.92 Å². The van der Waals surface area contributed by atoms with E-state index in [1.807, 2.05) is 11.8 Å². The van der Waals surface area contributed by atoms with Crippen LogP contribution in [0.5, 0.6) is 0 Å². The highest BCUT2D eigenvalue weighted by Gasteiger charge is 2.18. The van der Waals surface area contributed by atoms with E-state index in [1.54, 1.807) is 6.07 Å². The molecule has 76 valence electrons. The van der Waals surface area contributed by atoms with Gasteiger partial charge in [-0.2, -0.15) is 11.8 Å². The van der Waals surface area contributed by atoms with Crippen molar-refractivity contribution in [3.63, 3.8) is 0 Å². The number of carboxylic acid groups (broad SMARTS) is 1. The molecule has 1 aromatic rings. The predicted molar refractivity (Wildman–Crippen MR) is 55.0 cm³/mol. The first-order chi connectivity index (χ1) is 6.75. The Balaban J connectivity index is 1.86. The number of aromatic carboxylic acids is 1. The van der Waals surface area contributed by atoms with Crippen LogP contribution >= 0.6 is 11.8 Å². The van der Waals surface area contributed by atoms with Crippen LogP contribution < -0.4 is 5.32 Å². The van der Waals surface area contributed by atoms with Gasteiger partial charge >= 0.3 is 5.97 Å². The van der Waals surface area contributed by atoms with Gasteiger partial charge in [0.1, 0.15) is 0 Å². The van der Waals surface area contributed by atoms with Gasteiger partial charge in [0.15, 0.2) is 5.88 Å². The SMILES string of the molecule is O=C(O)c1ccc(NCC2CSC2)o1. The molecule has 1 aliphatic heterocycles. The molecule has 14 heavy (non-hydrogen) atoms. The van der Waals surface area contributed by atoms with E-state index in [2.05, 4.69) is 5.32 Å². The lowest BCUT2D eigenvalue weighted by molar-refractivity contribution is 0.0663. The fraction of sp³-hybridized carbons (Fsp3) is 0.444. The molecule has 0 atom stereocenters. The molecular formula is C9H11NO3S. The molecule has 2 N–H and O–H groups in total. The third-order valence-corrected chi connectivity index (χ3v) is 3.50. The minimum atomic E-state index is -1.03. The number of anilines is 1. The zero-order valence-corrected chi connectivity index (χ0v) is 8.34. The summed E-state index contributed by atoms with van der Waals surface area (Å²) in [4.78, 5) is 10.5. The number of carbonyl (C=O) groups is 1. The Morgan fingerprint density at radius 1 is 1.64 bits per heavy atom. The first-order valence-corrected chi connectivity index (χ1v) is 5.56. The second-order valence-electron chi connectivity index (χ2n) is 3.25. The molecular weight excluding hydrogens is 202 g/mol. The van der Waals surface area contributed by atoms with E-state index in [1.165, 1.54) is 17.6 Å². The third kappa shape index (κ3) is 2.04. The highest BCUT2D eigenvalue weighted by Crippen LogP contribution is 2.25. The van der Waals surface area contributed by atoms with Crippen molar-refractivity contribution in [2.24, 2.45) is 5.92 Å². The Hall–Kier alpha value is -1.10. The molecule has 0 amide bonds. The molecule has 2 rings (SSSR count). The van der Waals surface area contributed by atoms with Gasteiger partial charge in [0, 0.05) is 12.6 Å². The van der Waals surface area contributed by atoms with Crippen LogP contribution in [0.2, 0.25) is 0 Å². The van der Waals surface area contributed by atoms with Gasteiger partial charge in [-0.1, -0.05) is 0 Å². The number of hydrogen-bond donors (Lipinski definition) is 2. The molecule has 0 aromatic carbocycles. The quantitative estimate of drug-likeness (QED) is 0.797. The maximum absolute atomic E-state index is 10.5. The van der Waals surface area contributed by atoms with Crippen LogP contribution in [-0.2, 0) is 0 Å². The van der Waals surface area contributed by atoms with Crippen molar-refractivity contribution < 1.29 is 14.3 Å². The average Bonchev–Trinajstić information content (AvgIpc) is 2.50. The zero-order valence-electron chi connectivity index (χ0n) is 7.53. The second kappa shape index (κ2) is 3.96. The Morgan fingerprint density at radius 2 is 2.43 bits per heavy atom. The highest BCUT2D eigenvalue weighted by atomic mass is 32.2. The fourth-order valence-corrected chi connectivity index (χ4v) is 2.00. The first-order valence-electron chi connectivity index (χ1n) is 4.40. The molecule has 0 bridgehead atoms. The molecule has 0 saturated carbocycles. The van der Waals surface area contributed by atoms with Gasteiger partial charge in [0.2, 0.25) is 5.76 Å². The normalized spacial score (nSPS) is 16.3. The van der Waals surface area contributed by atoms with Gasteiger partial charge in [-0.15, -0.1) is 0 Å². The van der Waals surface area contributed by atoms with Crippen molar-refractivity contribution in [2.75, 3.05) is 23.4 Å². The Morgan fingerprint density at radius 3 is 2.93 bits per heavy atom. The van der Waals surface area contributed by atoms with Crippen molar-refractivity contribution in [1.82, 2.24) is 0 Å². The van der Waals surface area contributed by atoms with Crippen LogP contribution in [-0.4, -0.2) is 29.1 Å². The molecule has 0 radical (unpaired) electrons. The summed E-state index contributed by atoms with van der Waals surface area (Å²) >= 11 is 1.93. The highest BCUT2D eigenvalue weighted by molar-refractivity contribution is 8.00. The molecule has 4 nitrogen and oxygen atoms in total. The first kappa shape index (κ1) is 9.45. The predicted octanol–water partition coefficient (Wildman–Crippen LogP) is 1.75. The van der Waals surface area contributed by atoms with E-state index >= 15 is 0 Å². The summed E-state index contributed by atoms with van der Waals surface area (Å²) in [5.74, 6) is 2.55. The van der Waals surface area contributed by atoms with E-state index < -0.39 is 5.97 Å². The van der Waals surface area contributed by atoms with Crippen LogP contribution in [0.1, 0.15) is 10.6 Å². The van der Waals surface area contributed by atoms with E-state index in [9.17, 15) is 4.79 Å². The lowest BCUT2D eigenvalue weighted by Gasteiger charge is -2.24. The van der Waals surface area contributed by atoms with Crippen molar-refractivity contribution >= 4 is 23.6 Å². The van der Waals surface area contributed by atoms with E-state index in [4.69, 9.17) is 9.52 Å². The molecule has 1 fully saturated rings. The van der Waals surface area contributed by atoms with Crippen LogP contribution in [0.25, 0.3) is 0 Å². The topological polar surface area (TPSA) is 62.5 Å². The Kier molecular flexibility index (Phi) is 2.67. The van der Waals surface area contributed by atoms with Gasteiger partial charge in [-0.3, -0.25) is 0 Å².